The first-order valence-corrected chi connectivity index (χ1v) is 8.43. The molecule has 0 aliphatic heterocycles. The van der Waals surface area contributed by atoms with Gasteiger partial charge in [0.25, 0.3) is 0 Å². The van der Waals surface area contributed by atoms with Gasteiger partial charge in [-0.2, -0.15) is 19.7 Å². The van der Waals surface area contributed by atoms with E-state index in [0.29, 0.717) is 29.1 Å². The quantitative estimate of drug-likeness (QED) is 0.547. The number of hydrogen-bond acceptors (Lipinski definition) is 7. The highest BCUT2D eigenvalue weighted by molar-refractivity contribution is 5.73. The highest BCUT2D eigenvalue weighted by Gasteiger charge is 2.25. The van der Waals surface area contributed by atoms with Crippen LogP contribution >= 0.6 is 0 Å². The van der Waals surface area contributed by atoms with E-state index in [1.807, 2.05) is 33.8 Å². The minimum Gasteiger partial charge on any atom is -0.481 e. The van der Waals surface area contributed by atoms with Gasteiger partial charge in [-0.15, -0.1) is 0 Å². The number of ether oxygens (including phenoxy) is 2. The number of fused-ring (bicyclic) bond motifs is 1. The summed E-state index contributed by atoms with van der Waals surface area (Å²) in [5, 5.41) is 9.15. The van der Waals surface area contributed by atoms with E-state index in [1.54, 1.807) is 29.5 Å². The highest BCUT2D eigenvalue weighted by atomic mass is 16.5. The van der Waals surface area contributed by atoms with Gasteiger partial charge in [0, 0.05) is 6.07 Å². The molecule has 4 rings (SSSR count). The molecule has 9 nitrogen and oxygen atoms in total. The first-order valence-electron chi connectivity index (χ1n) is 8.43. The summed E-state index contributed by atoms with van der Waals surface area (Å²) < 4.78 is 20.2. The molecule has 0 amide bonds. The predicted molar refractivity (Wildman–Crippen MR) is 97.7 cm³/mol. The van der Waals surface area contributed by atoms with Crippen molar-refractivity contribution in [2.24, 2.45) is 0 Å². The molecule has 9 heteroatoms. The van der Waals surface area contributed by atoms with Crippen LogP contribution in [0.1, 0.15) is 23.1 Å². The maximum atomic E-state index is 6.08. The number of oxazole rings is 1. The smallest absolute Gasteiger partial charge is 0.249 e. The Morgan fingerprint density at radius 2 is 1.74 bits per heavy atom. The van der Waals surface area contributed by atoms with Crippen molar-refractivity contribution in [1.29, 1.82) is 0 Å². The number of nitrogens with zero attached hydrogens (tertiary/aromatic N) is 6. The van der Waals surface area contributed by atoms with Gasteiger partial charge in [-0.1, -0.05) is 0 Å². The van der Waals surface area contributed by atoms with E-state index in [0.717, 1.165) is 28.5 Å². The molecule has 27 heavy (non-hydrogen) atoms. The topological polar surface area (TPSA) is 92.5 Å². The molecule has 4 heterocycles. The van der Waals surface area contributed by atoms with Crippen LogP contribution in [0.3, 0.4) is 0 Å². The van der Waals surface area contributed by atoms with Crippen LogP contribution < -0.4 is 9.47 Å². The van der Waals surface area contributed by atoms with Gasteiger partial charge in [0.1, 0.15) is 23.1 Å². The van der Waals surface area contributed by atoms with Crippen molar-refractivity contribution < 1.29 is 13.9 Å². The van der Waals surface area contributed by atoms with Crippen molar-refractivity contribution in [3.05, 3.63) is 35.2 Å². The molecule has 0 saturated heterocycles. The first-order chi connectivity index (χ1) is 12.9. The van der Waals surface area contributed by atoms with E-state index in [2.05, 4.69) is 20.2 Å². The molecule has 140 valence electrons. The zero-order valence-electron chi connectivity index (χ0n) is 16.1. The van der Waals surface area contributed by atoms with Crippen LogP contribution in [0, 0.1) is 27.7 Å². The van der Waals surface area contributed by atoms with Gasteiger partial charge in [-0.3, -0.25) is 0 Å². The summed E-state index contributed by atoms with van der Waals surface area (Å²) >= 11 is 0. The third-order valence-corrected chi connectivity index (χ3v) is 4.36. The van der Waals surface area contributed by atoms with E-state index in [9.17, 15) is 0 Å². The highest BCUT2D eigenvalue weighted by Crippen LogP contribution is 2.36. The van der Waals surface area contributed by atoms with Crippen molar-refractivity contribution in [2.75, 3.05) is 14.2 Å². The lowest BCUT2D eigenvalue weighted by molar-refractivity contribution is 0.365. The van der Waals surface area contributed by atoms with Gasteiger partial charge in [0.15, 0.2) is 5.69 Å². The average molecular weight is 368 g/mol. The Kier molecular flexibility index (Phi) is 3.87. The normalized spacial score (nSPS) is 11.3. The molecule has 0 N–H and O–H groups in total. The summed E-state index contributed by atoms with van der Waals surface area (Å²) in [5.41, 5.74) is 3.66. The molecule has 0 aliphatic carbocycles. The van der Waals surface area contributed by atoms with Crippen LogP contribution in [0.25, 0.3) is 22.7 Å². The number of hydrogen-bond donors (Lipinski definition) is 0. The molecule has 4 aromatic heterocycles. The number of methoxy groups -OCH3 is 2. The van der Waals surface area contributed by atoms with Gasteiger partial charge in [0.05, 0.1) is 25.5 Å². The van der Waals surface area contributed by atoms with Crippen LogP contribution in [0.5, 0.6) is 11.8 Å². The van der Waals surface area contributed by atoms with Crippen molar-refractivity contribution in [3.63, 3.8) is 0 Å². The van der Waals surface area contributed by atoms with E-state index in [-0.39, 0.29) is 0 Å². The Morgan fingerprint density at radius 1 is 0.963 bits per heavy atom. The fourth-order valence-electron chi connectivity index (χ4n) is 3.24. The molecule has 4 aromatic rings. The lowest BCUT2D eigenvalue weighted by atomic mass is 10.2. The third-order valence-electron chi connectivity index (χ3n) is 4.36. The second-order valence-electron chi connectivity index (χ2n) is 6.19. The van der Waals surface area contributed by atoms with Gasteiger partial charge in [-0.25, -0.2) is 9.67 Å². The fourth-order valence-corrected chi connectivity index (χ4v) is 3.24. The summed E-state index contributed by atoms with van der Waals surface area (Å²) in [6, 6.07) is 3.65. The van der Waals surface area contributed by atoms with Crippen molar-refractivity contribution in [2.45, 2.75) is 27.7 Å². The lowest BCUT2D eigenvalue weighted by Crippen LogP contribution is -2.00. The Bertz CT molecular complexity index is 1150. The van der Waals surface area contributed by atoms with Crippen LogP contribution in [0.2, 0.25) is 0 Å². The molecular weight excluding hydrogens is 348 g/mol. The Hall–Kier alpha value is -3.36. The summed E-state index contributed by atoms with van der Waals surface area (Å²) in [6.07, 6.45) is 0. The molecule has 0 radical (unpaired) electrons. The van der Waals surface area contributed by atoms with E-state index >= 15 is 0 Å². The van der Waals surface area contributed by atoms with Crippen LogP contribution in [0.4, 0.5) is 0 Å². The first kappa shape index (κ1) is 17.1. The Labute approximate surface area is 155 Å². The SMILES string of the molecule is COc1ccc(-c2c(C)oc3c(-n4nc(C)nc4C)c(C)nn23)c(OC)n1. The molecular formula is C18H20N6O3. The summed E-state index contributed by atoms with van der Waals surface area (Å²) in [4.78, 5) is 8.74. The maximum absolute atomic E-state index is 6.08. The zero-order chi connectivity index (χ0) is 19.3. The van der Waals surface area contributed by atoms with Gasteiger partial charge < -0.3 is 13.9 Å². The second-order valence-corrected chi connectivity index (χ2v) is 6.19. The number of rotatable bonds is 4. The van der Waals surface area contributed by atoms with E-state index in [4.69, 9.17) is 13.9 Å². The average Bonchev–Trinajstić information content (AvgIpc) is 3.24. The molecule has 0 fully saturated rings. The summed E-state index contributed by atoms with van der Waals surface area (Å²) in [6.45, 7) is 7.55. The van der Waals surface area contributed by atoms with E-state index in [1.165, 1.54) is 0 Å². The molecule has 0 unspecified atom stereocenters. The zero-order valence-corrected chi connectivity index (χ0v) is 16.1. The number of aryl methyl sites for hydroxylation is 4. The Balaban J connectivity index is 1.98. The van der Waals surface area contributed by atoms with Crippen LogP contribution in [-0.2, 0) is 0 Å². The van der Waals surface area contributed by atoms with Crippen LogP contribution in [0.15, 0.2) is 16.5 Å². The van der Waals surface area contributed by atoms with Gasteiger partial charge in [0.2, 0.25) is 17.5 Å². The van der Waals surface area contributed by atoms with Crippen LogP contribution in [-0.4, -0.2) is 43.6 Å². The number of pyridine rings is 1. The molecule has 0 bridgehead atoms. The molecule has 0 saturated carbocycles. The predicted octanol–water partition coefficient (Wildman–Crippen LogP) is 2.82. The molecule has 0 aliphatic rings. The fraction of sp³-hybridized carbons (Fsp3) is 0.333. The summed E-state index contributed by atoms with van der Waals surface area (Å²) in [7, 11) is 3.13. The van der Waals surface area contributed by atoms with Gasteiger partial charge >= 0.3 is 0 Å². The minimum absolute atomic E-state index is 0.433. The van der Waals surface area contributed by atoms with Crippen molar-refractivity contribution in [1.82, 2.24) is 29.4 Å². The molecule has 0 atom stereocenters. The molecule has 0 spiro atoms. The largest absolute Gasteiger partial charge is 0.481 e. The number of aromatic nitrogens is 6. The standard InChI is InChI=1S/C18H20N6O3/c1-9-15(23-12(4)19-11(3)22-23)18-24(21-9)16(10(2)27-18)13-7-8-14(25-5)20-17(13)26-6/h7-8H,1-6H3. The van der Waals surface area contributed by atoms with Gasteiger partial charge in [-0.05, 0) is 33.8 Å². The summed E-state index contributed by atoms with van der Waals surface area (Å²) in [5.74, 6) is 3.06. The second kappa shape index (κ2) is 6.11. The van der Waals surface area contributed by atoms with Crippen molar-refractivity contribution >= 4 is 5.71 Å². The lowest BCUT2D eigenvalue weighted by Gasteiger charge is -2.08. The third kappa shape index (κ3) is 2.54. The monoisotopic (exact) mass is 368 g/mol. The maximum Gasteiger partial charge on any atom is 0.249 e. The minimum atomic E-state index is 0.433. The Morgan fingerprint density at radius 3 is 2.37 bits per heavy atom. The van der Waals surface area contributed by atoms with E-state index < -0.39 is 0 Å². The molecule has 0 aromatic carbocycles. The van der Waals surface area contributed by atoms with Crippen molar-refractivity contribution in [3.8, 4) is 28.7 Å².